The predicted molar refractivity (Wildman–Crippen MR) is 71.0 cm³/mol. The minimum Gasteiger partial charge on any atom is -0.394 e. The largest absolute Gasteiger partial charge is 0.394 e. The van der Waals surface area contributed by atoms with Crippen LogP contribution in [0, 0.1) is 0 Å². The van der Waals surface area contributed by atoms with Gasteiger partial charge < -0.3 is 30.1 Å². The maximum absolute atomic E-state index is 10.1. The standard InChI is InChI=1S/C14H17NO5/c16-6-10-11(17)12(18)13(19)14(20-10)8-5-15-9-4-2-1-3-7(8)9/h1-5,10-19H,6H2/t10-,11-,12+,13-,14?/m1/s1. The van der Waals surface area contributed by atoms with Crippen LogP contribution in [0.25, 0.3) is 10.9 Å². The molecule has 0 spiro atoms. The molecular weight excluding hydrogens is 262 g/mol. The first-order valence-electron chi connectivity index (χ1n) is 6.50. The Bertz CT molecular complexity index is 596. The van der Waals surface area contributed by atoms with Gasteiger partial charge in [-0.25, -0.2) is 0 Å². The van der Waals surface area contributed by atoms with E-state index >= 15 is 0 Å². The van der Waals surface area contributed by atoms with E-state index in [4.69, 9.17) is 4.74 Å². The van der Waals surface area contributed by atoms with Crippen LogP contribution >= 0.6 is 0 Å². The van der Waals surface area contributed by atoms with Crippen LogP contribution in [0.1, 0.15) is 11.7 Å². The molecule has 1 fully saturated rings. The molecule has 20 heavy (non-hydrogen) atoms. The van der Waals surface area contributed by atoms with Gasteiger partial charge in [0.2, 0.25) is 0 Å². The Hall–Kier alpha value is -1.44. The van der Waals surface area contributed by atoms with Gasteiger partial charge in [-0.05, 0) is 6.07 Å². The molecule has 1 saturated heterocycles. The predicted octanol–water partition coefficient (Wildman–Crippen LogP) is -0.317. The summed E-state index contributed by atoms with van der Waals surface area (Å²) in [6.07, 6.45) is -3.95. The summed E-state index contributed by atoms with van der Waals surface area (Å²) in [7, 11) is 0. The van der Waals surface area contributed by atoms with Crippen molar-refractivity contribution in [2.75, 3.05) is 6.61 Å². The van der Waals surface area contributed by atoms with Crippen LogP contribution < -0.4 is 0 Å². The van der Waals surface area contributed by atoms with Gasteiger partial charge in [0, 0.05) is 22.7 Å². The topological polar surface area (TPSA) is 106 Å². The van der Waals surface area contributed by atoms with Crippen molar-refractivity contribution in [3.8, 4) is 0 Å². The van der Waals surface area contributed by atoms with Crippen LogP contribution in [-0.2, 0) is 4.74 Å². The van der Waals surface area contributed by atoms with Crippen molar-refractivity contribution in [1.82, 2.24) is 4.98 Å². The maximum atomic E-state index is 10.1. The molecule has 5 N–H and O–H groups in total. The van der Waals surface area contributed by atoms with Gasteiger partial charge in [0.15, 0.2) is 0 Å². The molecule has 0 amide bonds. The van der Waals surface area contributed by atoms with E-state index in [1.54, 1.807) is 6.20 Å². The van der Waals surface area contributed by atoms with Gasteiger partial charge in [-0.3, -0.25) is 0 Å². The number of rotatable bonds is 2. The fourth-order valence-corrected chi connectivity index (χ4v) is 2.69. The van der Waals surface area contributed by atoms with Gasteiger partial charge in [-0.2, -0.15) is 0 Å². The lowest BCUT2D eigenvalue weighted by Crippen LogP contribution is -2.55. The van der Waals surface area contributed by atoms with Crippen LogP contribution in [0.15, 0.2) is 30.5 Å². The van der Waals surface area contributed by atoms with Crippen molar-refractivity contribution in [1.29, 1.82) is 0 Å². The van der Waals surface area contributed by atoms with Crippen molar-refractivity contribution in [3.63, 3.8) is 0 Å². The van der Waals surface area contributed by atoms with E-state index in [1.807, 2.05) is 24.3 Å². The number of para-hydroxylation sites is 1. The third kappa shape index (κ3) is 2.02. The number of benzene rings is 1. The molecule has 1 unspecified atom stereocenters. The molecule has 1 aromatic heterocycles. The Labute approximate surface area is 115 Å². The molecule has 3 rings (SSSR count). The molecule has 108 valence electrons. The Balaban J connectivity index is 2.00. The fraction of sp³-hybridized carbons (Fsp3) is 0.429. The summed E-state index contributed by atoms with van der Waals surface area (Å²) in [5.74, 6) is 0. The average molecular weight is 279 g/mol. The van der Waals surface area contributed by atoms with Gasteiger partial charge in [0.1, 0.15) is 30.5 Å². The number of hydrogen-bond donors (Lipinski definition) is 5. The zero-order chi connectivity index (χ0) is 14.3. The zero-order valence-corrected chi connectivity index (χ0v) is 10.7. The van der Waals surface area contributed by atoms with E-state index in [0.717, 1.165) is 10.9 Å². The molecule has 6 nitrogen and oxygen atoms in total. The lowest BCUT2D eigenvalue weighted by atomic mass is 9.91. The Kier molecular flexibility index (Phi) is 3.49. The quantitative estimate of drug-likeness (QED) is 0.518. The monoisotopic (exact) mass is 279 g/mol. The van der Waals surface area contributed by atoms with Crippen LogP contribution in [-0.4, -0.2) is 56.4 Å². The molecule has 2 aromatic rings. The minimum atomic E-state index is -1.36. The second-order valence-corrected chi connectivity index (χ2v) is 5.04. The summed E-state index contributed by atoms with van der Waals surface area (Å²) in [6, 6.07) is 7.52. The molecule has 1 aliphatic heterocycles. The van der Waals surface area contributed by atoms with E-state index in [9.17, 15) is 20.4 Å². The molecular formula is C14H17NO5. The number of aromatic amines is 1. The first-order chi connectivity index (χ1) is 9.63. The lowest BCUT2D eigenvalue weighted by molar-refractivity contribution is -0.231. The highest BCUT2D eigenvalue weighted by Crippen LogP contribution is 2.35. The molecule has 6 heteroatoms. The van der Waals surface area contributed by atoms with Crippen molar-refractivity contribution >= 4 is 10.9 Å². The maximum Gasteiger partial charge on any atom is 0.114 e. The normalized spacial score (nSPS) is 34.5. The first kappa shape index (κ1) is 13.5. The highest BCUT2D eigenvalue weighted by atomic mass is 16.5. The number of nitrogens with one attached hydrogen (secondary N) is 1. The smallest absolute Gasteiger partial charge is 0.114 e. The molecule has 0 radical (unpaired) electrons. The average Bonchev–Trinajstić information content (AvgIpc) is 2.89. The van der Waals surface area contributed by atoms with Crippen molar-refractivity contribution in [2.45, 2.75) is 30.5 Å². The van der Waals surface area contributed by atoms with Crippen molar-refractivity contribution < 1.29 is 25.2 Å². The minimum absolute atomic E-state index is 0.427. The summed E-state index contributed by atoms with van der Waals surface area (Å²) < 4.78 is 5.55. The fourth-order valence-electron chi connectivity index (χ4n) is 2.69. The molecule has 0 aliphatic carbocycles. The number of aliphatic hydroxyl groups excluding tert-OH is 4. The molecule has 0 saturated carbocycles. The van der Waals surface area contributed by atoms with E-state index in [1.165, 1.54) is 0 Å². The van der Waals surface area contributed by atoms with E-state index in [0.29, 0.717) is 5.56 Å². The molecule has 0 bridgehead atoms. The van der Waals surface area contributed by atoms with Gasteiger partial charge in [-0.15, -0.1) is 0 Å². The lowest BCUT2D eigenvalue weighted by Gasteiger charge is -2.40. The summed E-state index contributed by atoms with van der Waals surface area (Å²) in [5.41, 5.74) is 1.58. The number of hydrogen-bond acceptors (Lipinski definition) is 5. The van der Waals surface area contributed by atoms with Gasteiger partial charge in [0.25, 0.3) is 0 Å². The second kappa shape index (κ2) is 5.16. The molecule has 1 aliphatic rings. The first-order valence-corrected chi connectivity index (χ1v) is 6.50. The SMILES string of the molecule is OC[C@H]1OC(c2c[nH]c3ccccc23)[C@H](O)[C@@H](O)[C@@H]1O. The van der Waals surface area contributed by atoms with Crippen LogP contribution in [0.4, 0.5) is 0 Å². The molecule has 1 aromatic carbocycles. The zero-order valence-electron chi connectivity index (χ0n) is 10.7. The summed E-state index contributed by atoms with van der Waals surface area (Å²) in [6.45, 7) is -0.427. The molecule has 2 heterocycles. The number of ether oxygens (including phenoxy) is 1. The number of aliphatic hydroxyl groups is 4. The Morgan fingerprint density at radius 1 is 1.05 bits per heavy atom. The van der Waals surface area contributed by atoms with Gasteiger partial charge in [-0.1, -0.05) is 18.2 Å². The second-order valence-electron chi connectivity index (χ2n) is 5.04. The third-order valence-electron chi connectivity index (χ3n) is 3.82. The van der Waals surface area contributed by atoms with Gasteiger partial charge >= 0.3 is 0 Å². The van der Waals surface area contributed by atoms with Gasteiger partial charge in [0.05, 0.1) is 6.61 Å². The summed E-state index contributed by atoms with van der Waals surface area (Å²) >= 11 is 0. The molecule has 5 atom stereocenters. The van der Waals surface area contributed by atoms with E-state index in [2.05, 4.69) is 4.98 Å². The highest BCUT2D eigenvalue weighted by molar-refractivity contribution is 5.83. The van der Waals surface area contributed by atoms with Crippen LogP contribution in [0.5, 0.6) is 0 Å². The van der Waals surface area contributed by atoms with Crippen LogP contribution in [0.3, 0.4) is 0 Å². The number of aromatic nitrogens is 1. The Morgan fingerprint density at radius 3 is 2.55 bits per heavy atom. The summed E-state index contributed by atoms with van der Waals surface area (Å²) in [4.78, 5) is 3.07. The number of fused-ring (bicyclic) bond motifs is 1. The van der Waals surface area contributed by atoms with E-state index < -0.39 is 37.1 Å². The third-order valence-corrected chi connectivity index (χ3v) is 3.82. The van der Waals surface area contributed by atoms with Crippen LogP contribution in [0.2, 0.25) is 0 Å². The number of H-pyrrole nitrogens is 1. The van der Waals surface area contributed by atoms with Crippen molar-refractivity contribution in [2.24, 2.45) is 0 Å². The van der Waals surface area contributed by atoms with E-state index in [-0.39, 0.29) is 0 Å². The highest BCUT2D eigenvalue weighted by Gasteiger charge is 2.44. The van der Waals surface area contributed by atoms with Crippen molar-refractivity contribution in [3.05, 3.63) is 36.0 Å². The Morgan fingerprint density at radius 2 is 1.80 bits per heavy atom. The summed E-state index contributed by atoms with van der Waals surface area (Å²) in [5, 5.41) is 39.8.